The van der Waals surface area contributed by atoms with Gasteiger partial charge < -0.3 is 10.2 Å². The molecular weight excluding hydrogens is 312 g/mol. The van der Waals surface area contributed by atoms with Gasteiger partial charge in [-0.1, -0.05) is 30.3 Å². The Hall–Kier alpha value is -2.30. The highest BCUT2D eigenvalue weighted by Gasteiger charge is 2.26. The molecule has 0 radical (unpaired) electrons. The van der Waals surface area contributed by atoms with Crippen molar-refractivity contribution in [2.45, 2.75) is 44.6 Å². The lowest BCUT2D eigenvalue weighted by Gasteiger charge is -2.34. The molecule has 5 heteroatoms. The largest absolute Gasteiger partial charge is 0.335 e. The third-order valence-corrected chi connectivity index (χ3v) is 5.62. The minimum Gasteiger partial charge on any atom is -0.335 e. The standard InChI is InChI=1S/C20H26N4O/c25-20(22-18-7-6-17-14-21-23-19(17)13-18)24-10-8-16(9-11-24)12-15-4-2-1-3-5-15/h1-5,14,16,18H,6-13H2,(H,21,23)(H,22,25)/t18-/m0/s1. The summed E-state index contributed by atoms with van der Waals surface area (Å²) in [6.45, 7) is 1.73. The van der Waals surface area contributed by atoms with E-state index in [4.69, 9.17) is 0 Å². The summed E-state index contributed by atoms with van der Waals surface area (Å²) in [5.74, 6) is 0.689. The molecule has 2 N–H and O–H groups in total. The first-order valence-corrected chi connectivity index (χ1v) is 9.38. The maximum atomic E-state index is 12.6. The van der Waals surface area contributed by atoms with Gasteiger partial charge in [-0.25, -0.2) is 4.79 Å². The number of piperidine rings is 1. The highest BCUT2D eigenvalue weighted by Crippen LogP contribution is 2.23. The summed E-state index contributed by atoms with van der Waals surface area (Å²) in [4.78, 5) is 14.6. The lowest BCUT2D eigenvalue weighted by atomic mass is 9.90. The second-order valence-corrected chi connectivity index (χ2v) is 7.38. The lowest BCUT2D eigenvalue weighted by Crippen LogP contribution is -2.49. The second kappa shape index (κ2) is 7.30. The van der Waals surface area contributed by atoms with Gasteiger partial charge in [0.05, 0.1) is 6.20 Å². The summed E-state index contributed by atoms with van der Waals surface area (Å²) in [6.07, 6.45) is 8.09. The van der Waals surface area contributed by atoms with Crippen LogP contribution < -0.4 is 5.32 Å². The van der Waals surface area contributed by atoms with Gasteiger partial charge >= 0.3 is 6.03 Å². The molecule has 0 bridgehead atoms. The molecular formula is C20H26N4O. The van der Waals surface area contributed by atoms with Gasteiger partial charge in [-0.2, -0.15) is 5.10 Å². The summed E-state index contributed by atoms with van der Waals surface area (Å²) in [5, 5.41) is 10.4. The predicted octanol–water partition coefficient (Wildman–Crippen LogP) is 2.93. The van der Waals surface area contributed by atoms with Crippen molar-refractivity contribution in [3.8, 4) is 0 Å². The molecule has 2 aliphatic rings. The maximum Gasteiger partial charge on any atom is 0.317 e. The molecule has 1 fully saturated rings. The van der Waals surface area contributed by atoms with Crippen LogP contribution >= 0.6 is 0 Å². The first-order valence-electron chi connectivity index (χ1n) is 9.38. The molecule has 0 spiro atoms. The number of nitrogens with zero attached hydrogens (tertiary/aromatic N) is 2. The van der Waals surface area contributed by atoms with E-state index < -0.39 is 0 Å². The molecule has 0 saturated carbocycles. The molecule has 2 aromatic rings. The first-order chi connectivity index (χ1) is 12.3. The maximum absolute atomic E-state index is 12.6. The summed E-state index contributed by atoms with van der Waals surface area (Å²) in [5.41, 5.74) is 3.88. The van der Waals surface area contributed by atoms with E-state index >= 15 is 0 Å². The third-order valence-electron chi connectivity index (χ3n) is 5.62. The number of fused-ring (bicyclic) bond motifs is 1. The number of hydrogen-bond acceptors (Lipinski definition) is 2. The molecule has 4 rings (SSSR count). The van der Waals surface area contributed by atoms with E-state index in [-0.39, 0.29) is 12.1 Å². The van der Waals surface area contributed by atoms with Gasteiger partial charge in [0.15, 0.2) is 0 Å². The van der Waals surface area contributed by atoms with Crippen LogP contribution in [-0.4, -0.2) is 40.3 Å². The SMILES string of the molecule is O=C(N[C@H]1CCc2cn[nH]c2C1)N1CCC(Cc2ccccc2)CC1. The van der Waals surface area contributed by atoms with Crippen molar-refractivity contribution >= 4 is 6.03 Å². The summed E-state index contributed by atoms with van der Waals surface area (Å²) >= 11 is 0. The van der Waals surface area contributed by atoms with Crippen LogP contribution in [0.3, 0.4) is 0 Å². The zero-order chi connectivity index (χ0) is 17.1. The van der Waals surface area contributed by atoms with Gasteiger partial charge in [0.1, 0.15) is 0 Å². The van der Waals surface area contributed by atoms with Crippen molar-refractivity contribution in [2.75, 3.05) is 13.1 Å². The van der Waals surface area contributed by atoms with Crippen molar-refractivity contribution < 1.29 is 4.79 Å². The zero-order valence-electron chi connectivity index (χ0n) is 14.6. The fourth-order valence-corrected chi connectivity index (χ4v) is 4.08. The van der Waals surface area contributed by atoms with Crippen molar-refractivity contribution in [1.82, 2.24) is 20.4 Å². The van der Waals surface area contributed by atoms with Crippen LogP contribution in [0.5, 0.6) is 0 Å². The Morgan fingerprint density at radius 3 is 2.80 bits per heavy atom. The quantitative estimate of drug-likeness (QED) is 0.904. The molecule has 132 valence electrons. The molecule has 1 atom stereocenters. The van der Waals surface area contributed by atoms with E-state index in [1.165, 1.54) is 16.8 Å². The van der Waals surface area contributed by atoms with Crippen LogP contribution in [0.25, 0.3) is 0 Å². The predicted molar refractivity (Wildman–Crippen MR) is 97.4 cm³/mol. The van der Waals surface area contributed by atoms with E-state index in [9.17, 15) is 4.79 Å². The first kappa shape index (κ1) is 16.2. The van der Waals surface area contributed by atoms with Crippen molar-refractivity contribution in [2.24, 2.45) is 5.92 Å². The average molecular weight is 338 g/mol. The van der Waals surface area contributed by atoms with E-state index in [0.29, 0.717) is 5.92 Å². The number of likely N-dealkylation sites (tertiary alicyclic amines) is 1. The van der Waals surface area contributed by atoms with Gasteiger partial charge in [0.2, 0.25) is 0 Å². The number of nitrogens with one attached hydrogen (secondary N) is 2. The summed E-state index contributed by atoms with van der Waals surface area (Å²) < 4.78 is 0. The molecule has 1 saturated heterocycles. The van der Waals surface area contributed by atoms with Gasteiger partial charge in [-0.3, -0.25) is 5.10 Å². The number of benzene rings is 1. The third kappa shape index (κ3) is 3.86. The van der Waals surface area contributed by atoms with E-state index in [0.717, 1.165) is 51.6 Å². The van der Waals surface area contributed by atoms with Crippen molar-refractivity contribution in [3.05, 3.63) is 53.3 Å². The Labute approximate surface area is 148 Å². The van der Waals surface area contributed by atoms with Crippen molar-refractivity contribution in [1.29, 1.82) is 0 Å². The van der Waals surface area contributed by atoms with E-state index in [1.54, 1.807) is 0 Å². The number of aromatic amines is 1. The van der Waals surface area contributed by atoms with E-state index in [2.05, 4.69) is 45.8 Å². The average Bonchev–Trinajstić information content (AvgIpc) is 3.11. The van der Waals surface area contributed by atoms with Crippen LogP contribution in [0.1, 0.15) is 36.1 Å². The molecule has 1 aliphatic carbocycles. The Balaban J connectivity index is 1.24. The van der Waals surface area contributed by atoms with Gasteiger partial charge in [-0.05, 0) is 49.1 Å². The molecule has 2 heterocycles. The molecule has 25 heavy (non-hydrogen) atoms. The van der Waals surface area contributed by atoms with Gasteiger partial charge in [-0.15, -0.1) is 0 Å². The number of carbonyl (C=O) groups excluding carboxylic acids is 1. The number of amides is 2. The smallest absolute Gasteiger partial charge is 0.317 e. The highest BCUT2D eigenvalue weighted by molar-refractivity contribution is 5.74. The number of hydrogen-bond donors (Lipinski definition) is 2. The zero-order valence-corrected chi connectivity index (χ0v) is 14.6. The van der Waals surface area contributed by atoms with Gasteiger partial charge in [0.25, 0.3) is 0 Å². The monoisotopic (exact) mass is 338 g/mol. The Kier molecular flexibility index (Phi) is 4.72. The Morgan fingerprint density at radius 2 is 2.00 bits per heavy atom. The Bertz CT molecular complexity index is 703. The molecule has 1 aromatic carbocycles. The minimum atomic E-state index is 0.103. The number of urea groups is 1. The van der Waals surface area contributed by atoms with Crippen LogP contribution in [0.2, 0.25) is 0 Å². The fraction of sp³-hybridized carbons (Fsp3) is 0.500. The summed E-state index contributed by atoms with van der Waals surface area (Å²) in [6, 6.07) is 11.0. The summed E-state index contributed by atoms with van der Waals surface area (Å²) in [7, 11) is 0. The fourth-order valence-electron chi connectivity index (χ4n) is 4.08. The van der Waals surface area contributed by atoms with Crippen molar-refractivity contribution in [3.63, 3.8) is 0 Å². The molecule has 2 amide bonds. The molecule has 5 nitrogen and oxygen atoms in total. The van der Waals surface area contributed by atoms with Crippen LogP contribution in [0.15, 0.2) is 36.5 Å². The molecule has 1 aromatic heterocycles. The number of carbonyl (C=O) groups is 1. The minimum absolute atomic E-state index is 0.103. The second-order valence-electron chi connectivity index (χ2n) is 7.38. The number of aryl methyl sites for hydroxylation is 1. The highest BCUT2D eigenvalue weighted by atomic mass is 16.2. The normalized spacial score (nSPS) is 21.0. The number of aromatic nitrogens is 2. The van der Waals surface area contributed by atoms with Crippen LogP contribution in [0.4, 0.5) is 4.79 Å². The van der Waals surface area contributed by atoms with Gasteiger partial charge in [0, 0.05) is 31.2 Å². The number of H-pyrrole nitrogens is 1. The molecule has 0 unspecified atom stereocenters. The topological polar surface area (TPSA) is 61.0 Å². The van der Waals surface area contributed by atoms with Crippen LogP contribution in [-0.2, 0) is 19.3 Å². The van der Waals surface area contributed by atoms with Crippen LogP contribution in [0, 0.1) is 5.92 Å². The molecule has 1 aliphatic heterocycles. The lowest BCUT2D eigenvalue weighted by molar-refractivity contribution is 0.166. The van der Waals surface area contributed by atoms with E-state index in [1.807, 2.05) is 11.1 Å². The number of rotatable bonds is 3. The Morgan fingerprint density at radius 1 is 1.20 bits per heavy atom.